The van der Waals surface area contributed by atoms with E-state index in [0.717, 1.165) is 15.4 Å². The molecule has 48 heavy (non-hydrogen) atoms. The summed E-state index contributed by atoms with van der Waals surface area (Å²) in [6, 6.07) is 24.8. The summed E-state index contributed by atoms with van der Waals surface area (Å²) in [5, 5.41) is 2.96. The number of halogens is 1. The average molecular weight is 676 g/mol. The minimum absolute atomic E-state index is 0.0392. The van der Waals surface area contributed by atoms with Crippen molar-refractivity contribution < 1.29 is 31.9 Å². The average Bonchev–Trinajstić information content (AvgIpc) is 3.05. The Labute approximate surface area is 282 Å². The molecule has 1 atom stereocenters. The maximum atomic E-state index is 15.1. The zero-order valence-corrected chi connectivity index (χ0v) is 28.9. The van der Waals surface area contributed by atoms with E-state index in [4.69, 9.17) is 9.47 Å². The fourth-order valence-electron chi connectivity index (χ4n) is 5.16. The summed E-state index contributed by atoms with van der Waals surface area (Å²) in [4.78, 5) is 29.8. The first-order chi connectivity index (χ1) is 22.7. The molecule has 11 heteroatoms. The van der Waals surface area contributed by atoms with Crippen LogP contribution in [0.4, 0.5) is 10.1 Å². The predicted molar refractivity (Wildman–Crippen MR) is 184 cm³/mol. The smallest absolute Gasteiger partial charge is 0.264 e. The van der Waals surface area contributed by atoms with Crippen molar-refractivity contribution in [3.63, 3.8) is 0 Å². The van der Waals surface area contributed by atoms with Gasteiger partial charge in [-0.3, -0.25) is 13.9 Å². The van der Waals surface area contributed by atoms with Crippen LogP contribution in [-0.2, 0) is 32.6 Å². The van der Waals surface area contributed by atoms with Crippen LogP contribution in [0.25, 0.3) is 0 Å². The molecule has 0 aliphatic heterocycles. The van der Waals surface area contributed by atoms with Gasteiger partial charge in [0.25, 0.3) is 10.0 Å². The van der Waals surface area contributed by atoms with E-state index in [1.165, 1.54) is 61.6 Å². The van der Waals surface area contributed by atoms with Crippen LogP contribution in [0.5, 0.6) is 11.5 Å². The molecule has 4 aromatic rings. The first-order valence-corrected chi connectivity index (χ1v) is 16.9. The van der Waals surface area contributed by atoms with E-state index in [9.17, 15) is 18.0 Å². The second kappa shape index (κ2) is 15.3. The standard InChI is InChI=1S/C37H42FN3O6S/c1-26-16-19-30(20-17-26)48(44,45)41(29-18-21-33(46-5)34(23-29)47-6)25-35(42)40(24-28-14-10-11-15-31(28)38)32(36(43)39-37(2,3)4)22-27-12-8-7-9-13-27/h7-21,23,32H,22,24-25H2,1-6H3,(H,39,43)/t32-/m0/s1. The van der Waals surface area contributed by atoms with E-state index < -0.39 is 45.8 Å². The van der Waals surface area contributed by atoms with Crippen molar-refractivity contribution in [3.8, 4) is 11.5 Å². The number of rotatable bonds is 13. The van der Waals surface area contributed by atoms with Crippen LogP contribution in [0.2, 0.25) is 0 Å². The van der Waals surface area contributed by atoms with E-state index in [0.29, 0.717) is 5.75 Å². The van der Waals surface area contributed by atoms with Gasteiger partial charge >= 0.3 is 0 Å². The number of sulfonamides is 1. The predicted octanol–water partition coefficient (Wildman–Crippen LogP) is 5.90. The van der Waals surface area contributed by atoms with Crippen LogP contribution >= 0.6 is 0 Å². The largest absolute Gasteiger partial charge is 0.493 e. The summed E-state index contributed by atoms with van der Waals surface area (Å²) in [7, 11) is -1.47. The van der Waals surface area contributed by atoms with Crippen molar-refractivity contribution >= 4 is 27.5 Å². The van der Waals surface area contributed by atoms with Gasteiger partial charge in [-0.1, -0.05) is 66.2 Å². The van der Waals surface area contributed by atoms with Crippen molar-refractivity contribution in [2.24, 2.45) is 0 Å². The van der Waals surface area contributed by atoms with Crippen molar-refractivity contribution in [3.05, 3.63) is 120 Å². The lowest BCUT2D eigenvalue weighted by Gasteiger charge is -2.35. The Balaban J connectivity index is 1.87. The Kier molecular flexibility index (Phi) is 11.5. The van der Waals surface area contributed by atoms with Crippen LogP contribution in [0, 0.1) is 12.7 Å². The number of nitrogens with zero attached hydrogens (tertiary/aromatic N) is 2. The van der Waals surface area contributed by atoms with Gasteiger partial charge in [0.2, 0.25) is 11.8 Å². The Bertz CT molecular complexity index is 1830. The van der Waals surface area contributed by atoms with Gasteiger partial charge in [-0.25, -0.2) is 12.8 Å². The fraction of sp³-hybridized carbons (Fsp3) is 0.297. The highest BCUT2D eigenvalue weighted by molar-refractivity contribution is 7.92. The lowest BCUT2D eigenvalue weighted by atomic mass is 10.0. The van der Waals surface area contributed by atoms with Crippen LogP contribution in [0.1, 0.15) is 37.5 Å². The molecule has 4 aromatic carbocycles. The number of methoxy groups -OCH3 is 2. The minimum Gasteiger partial charge on any atom is -0.493 e. The van der Waals surface area contributed by atoms with E-state index in [2.05, 4.69) is 5.32 Å². The van der Waals surface area contributed by atoms with Gasteiger partial charge in [-0.05, 0) is 63.6 Å². The topological polar surface area (TPSA) is 105 Å². The Morgan fingerprint density at radius 2 is 1.48 bits per heavy atom. The number of amides is 2. The second-order valence-electron chi connectivity index (χ2n) is 12.4. The third-order valence-corrected chi connectivity index (χ3v) is 9.40. The van der Waals surface area contributed by atoms with Gasteiger partial charge in [-0.2, -0.15) is 0 Å². The monoisotopic (exact) mass is 675 g/mol. The lowest BCUT2D eigenvalue weighted by Crippen LogP contribution is -2.56. The Morgan fingerprint density at radius 1 is 0.854 bits per heavy atom. The Morgan fingerprint density at radius 3 is 2.08 bits per heavy atom. The fourth-order valence-corrected chi connectivity index (χ4v) is 6.57. The molecule has 0 saturated carbocycles. The summed E-state index contributed by atoms with van der Waals surface area (Å²) in [5.74, 6) is -1.12. The highest BCUT2D eigenvalue weighted by Gasteiger charge is 2.36. The maximum absolute atomic E-state index is 15.1. The normalized spacial score (nSPS) is 12.1. The highest BCUT2D eigenvalue weighted by atomic mass is 32.2. The van der Waals surface area contributed by atoms with Crippen LogP contribution in [-0.4, -0.2) is 57.5 Å². The van der Waals surface area contributed by atoms with Crippen molar-refractivity contribution in [1.29, 1.82) is 0 Å². The molecule has 0 aromatic heterocycles. The molecule has 0 unspecified atom stereocenters. The minimum atomic E-state index is -4.34. The summed E-state index contributed by atoms with van der Waals surface area (Å²) in [5.41, 5.74) is 1.27. The summed E-state index contributed by atoms with van der Waals surface area (Å²) < 4.78 is 55.5. The zero-order chi connectivity index (χ0) is 35.1. The third-order valence-electron chi connectivity index (χ3n) is 7.61. The molecule has 0 aliphatic rings. The molecule has 254 valence electrons. The molecule has 0 bridgehead atoms. The summed E-state index contributed by atoms with van der Waals surface area (Å²) >= 11 is 0. The second-order valence-corrected chi connectivity index (χ2v) is 14.3. The number of ether oxygens (including phenoxy) is 2. The number of anilines is 1. The number of carbonyl (C=O) groups excluding carboxylic acids is 2. The van der Waals surface area contributed by atoms with E-state index in [1.54, 1.807) is 24.3 Å². The van der Waals surface area contributed by atoms with E-state index in [-0.39, 0.29) is 34.9 Å². The lowest BCUT2D eigenvalue weighted by molar-refractivity contribution is -0.140. The highest BCUT2D eigenvalue weighted by Crippen LogP contribution is 2.34. The molecule has 0 aliphatic carbocycles. The molecular weight excluding hydrogens is 633 g/mol. The van der Waals surface area contributed by atoms with Gasteiger partial charge in [-0.15, -0.1) is 0 Å². The van der Waals surface area contributed by atoms with Crippen LogP contribution in [0.3, 0.4) is 0 Å². The first-order valence-electron chi connectivity index (χ1n) is 15.4. The van der Waals surface area contributed by atoms with E-state index >= 15 is 4.39 Å². The van der Waals surface area contributed by atoms with Gasteiger partial charge in [0.1, 0.15) is 18.4 Å². The molecule has 2 amide bonds. The molecule has 9 nitrogen and oxygen atoms in total. The molecular formula is C37H42FN3O6S. The summed E-state index contributed by atoms with van der Waals surface area (Å²) in [6.07, 6.45) is 0.101. The van der Waals surface area contributed by atoms with Gasteiger partial charge < -0.3 is 19.7 Å². The Hall–Kier alpha value is -4.90. The molecule has 0 radical (unpaired) electrons. The van der Waals surface area contributed by atoms with Crippen molar-refractivity contribution in [1.82, 2.24) is 10.2 Å². The summed E-state index contributed by atoms with van der Waals surface area (Å²) in [6.45, 7) is 6.31. The molecule has 1 N–H and O–H groups in total. The van der Waals surface area contributed by atoms with E-state index in [1.807, 2.05) is 58.0 Å². The molecule has 0 spiro atoms. The zero-order valence-electron chi connectivity index (χ0n) is 28.1. The van der Waals surface area contributed by atoms with Gasteiger partial charge in [0.05, 0.1) is 24.8 Å². The number of hydrogen-bond donors (Lipinski definition) is 1. The van der Waals surface area contributed by atoms with Crippen LogP contribution in [0.15, 0.2) is 102 Å². The molecule has 0 heterocycles. The quantitative estimate of drug-likeness (QED) is 0.189. The van der Waals surface area contributed by atoms with Crippen molar-refractivity contribution in [2.45, 2.75) is 57.1 Å². The molecule has 0 fully saturated rings. The van der Waals surface area contributed by atoms with Crippen LogP contribution < -0.4 is 19.1 Å². The number of nitrogens with one attached hydrogen (secondary N) is 1. The number of aryl methyl sites for hydroxylation is 1. The third kappa shape index (κ3) is 8.92. The molecule has 4 rings (SSSR count). The SMILES string of the molecule is COc1ccc(N(CC(=O)N(Cc2ccccc2F)[C@@H](Cc2ccccc2)C(=O)NC(C)(C)C)S(=O)(=O)c2ccc(C)cc2)cc1OC. The number of carbonyl (C=O) groups is 2. The number of benzene rings is 4. The maximum Gasteiger partial charge on any atom is 0.264 e. The number of hydrogen-bond acceptors (Lipinski definition) is 6. The first kappa shape index (κ1) is 35.9. The molecule has 0 saturated heterocycles. The van der Waals surface area contributed by atoms with Crippen molar-refractivity contribution in [2.75, 3.05) is 25.1 Å². The van der Waals surface area contributed by atoms with Gasteiger partial charge in [0.15, 0.2) is 11.5 Å². The van der Waals surface area contributed by atoms with Gasteiger partial charge in [0, 0.05) is 30.1 Å².